The van der Waals surface area contributed by atoms with Crippen molar-refractivity contribution in [2.24, 2.45) is 5.92 Å². The lowest BCUT2D eigenvalue weighted by molar-refractivity contribution is -0.142. The van der Waals surface area contributed by atoms with E-state index in [0.717, 1.165) is 12.1 Å². The Morgan fingerprint density at radius 2 is 1.90 bits per heavy atom. The van der Waals surface area contributed by atoms with Crippen molar-refractivity contribution in [3.05, 3.63) is 35.4 Å². The van der Waals surface area contributed by atoms with Crippen LogP contribution in [0.3, 0.4) is 0 Å². The van der Waals surface area contributed by atoms with Gasteiger partial charge < -0.3 is 14.9 Å². The highest BCUT2D eigenvalue weighted by Gasteiger charge is 2.38. The molecule has 0 saturated carbocycles. The Hall–Kier alpha value is -1.88. The van der Waals surface area contributed by atoms with E-state index in [9.17, 15) is 9.59 Å². The highest BCUT2D eigenvalue weighted by atomic mass is 16.4. The van der Waals surface area contributed by atoms with Gasteiger partial charge in [-0.3, -0.25) is 9.59 Å². The maximum atomic E-state index is 12.5. The molecular formula is C16H22N2O3. The summed E-state index contributed by atoms with van der Waals surface area (Å²) in [7, 11) is 3.99. The van der Waals surface area contributed by atoms with Crippen LogP contribution in [-0.4, -0.2) is 53.5 Å². The van der Waals surface area contributed by atoms with Crippen molar-refractivity contribution in [3.8, 4) is 0 Å². The smallest absolute Gasteiger partial charge is 0.308 e. The van der Waals surface area contributed by atoms with Crippen molar-refractivity contribution in [3.63, 3.8) is 0 Å². The van der Waals surface area contributed by atoms with Crippen molar-refractivity contribution in [2.75, 3.05) is 20.6 Å². The van der Waals surface area contributed by atoms with E-state index in [-0.39, 0.29) is 11.9 Å². The van der Waals surface area contributed by atoms with Crippen LogP contribution < -0.4 is 0 Å². The first-order valence-corrected chi connectivity index (χ1v) is 7.17. The molecule has 2 atom stereocenters. The third-order valence-electron chi connectivity index (χ3n) is 4.03. The van der Waals surface area contributed by atoms with Crippen LogP contribution in [0.4, 0.5) is 0 Å². The second-order valence-electron chi connectivity index (χ2n) is 5.91. The SMILES string of the molecule is CC1C(C(=O)O)CCN1C(=O)c1ccc(CN(C)C)cc1. The molecule has 1 saturated heterocycles. The first-order valence-electron chi connectivity index (χ1n) is 7.17. The Labute approximate surface area is 125 Å². The molecule has 1 heterocycles. The van der Waals surface area contributed by atoms with Gasteiger partial charge in [0.1, 0.15) is 0 Å². The standard InChI is InChI=1S/C16H22N2O3/c1-11-14(16(20)21)8-9-18(11)15(19)13-6-4-12(5-7-13)10-17(2)3/h4-7,11,14H,8-10H2,1-3H3,(H,20,21). The number of nitrogens with zero attached hydrogens (tertiary/aromatic N) is 2. The zero-order valence-electron chi connectivity index (χ0n) is 12.7. The zero-order valence-corrected chi connectivity index (χ0v) is 12.7. The largest absolute Gasteiger partial charge is 0.481 e. The molecule has 2 unspecified atom stereocenters. The van der Waals surface area contributed by atoms with Crippen molar-refractivity contribution in [2.45, 2.75) is 25.9 Å². The van der Waals surface area contributed by atoms with Crippen LogP contribution in [0.1, 0.15) is 29.3 Å². The Morgan fingerprint density at radius 3 is 2.38 bits per heavy atom. The summed E-state index contributed by atoms with van der Waals surface area (Å²) in [5.74, 6) is -1.36. The number of benzene rings is 1. The van der Waals surface area contributed by atoms with Crippen LogP contribution in [0.5, 0.6) is 0 Å². The molecule has 21 heavy (non-hydrogen) atoms. The van der Waals surface area contributed by atoms with Crippen LogP contribution in [0.15, 0.2) is 24.3 Å². The fourth-order valence-electron chi connectivity index (χ4n) is 2.84. The number of carbonyl (C=O) groups excluding carboxylic acids is 1. The minimum absolute atomic E-state index is 0.0809. The molecule has 1 aliphatic rings. The molecule has 5 heteroatoms. The van der Waals surface area contributed by atoms with Gasteiger partial charge in [-0.15, -0.1) is 0 Å². The quantitative estimate of drug-likeness (QED) is 0.916. The molecule has 0 aliphatic carbocycles. The summed E-state index contributed by atoms with van der Waals surface area (Å²) in [5, 5.41) is 9.13. The number of likely N-dealkylation sites (tertiary alicyclic amines) is 1. The summed E-state index contributed by atoms with van der Waals surface area (Å²) in [6, 6.07) is 7.28. The van der Waals surface area contributed by atoms with Crippen molar-refractivity contribution < 1.29 is 14.7 Å². The van der Waals surface area contributed by atoms with Crippen molar-refractivity contribution in [1.82, 2.24) is 9.80 Å². The predicted molar refractivity (Wildman–Crippen MR) is 80.1 cm³/mol. The Morgan fingerprint density at radius 1 is 1.29 bits per heavy atom. The Bertz CT molecular complexity index is 525. The van der Waals surface area contributed by atoms with E-state index >= 15 is 0 Å². The average molecular weight is 290 g/mol. The van der Waals surface area contributed by atoms with Gasteiger partial charge in [-0.1, -0.05) is 12.1 Å². The van der Waals surface area contributed by atoms with Crippen LogP contribution in [0.25, 0.3) is 0 Å². The minimum atomic E-state index is -0.820. The predicted octanol–water partition coefficient (Wildman–Crippen LogP) is 1.68. The van der Waals surface area contributed by atoms with Crippen LogP contribution in [0.2, 0.25) is 0 Å². The number of carbonyl (C=O) groups is 2. The van der Waals surface area contributed by atoms with Gasteiger partial charge in [0, 0.05) is 24.7 Å². The number of hydrogen-bond acceptors (Lipinski definition) is 3. The molecule has 1 fully saturated rings. The van der Waals surface area contributed by atoms with Crippen molar-refractivity contribution >= 4 is 11.9 Å². The summed E-state index contributed by atoms with van der Waals surface area (Å²) in [6.45, 7) is 3.15. The van der Waals surface area contributed by atoms with Gasteiger partial charge in [0.2, 0.25) is 0 Å². The number of hydrogen-bond donors (Lipinski definition) is 1. The molecule has 114 valence electrons. The molecule has 0 spiro atoms. The van der Waals surface area contributed by atoms with Gasteiger partial charge in [0.15, 0.2) is 0 Å². The van der Waals surface area contributed by atoms with Gasteiger partial charge >= 0.3 is 5.97 Å². The first-order chi connectivity index (χ1) is 9.90. The average Bonchev–Trinajstić information content (AvgIpc) is 2.80. The minimum Gasteiger partial charge on any atom is -0.481 e. The second kappa shape index (κ2) is 6.26. The number of aliphatic carboxylic acids is 1. The van der Waals surface area contributed by atoms with E-state index in [4.69, 9.17) is 5.11 Å². The number of carboxylic acid groups (broad SMARTS) is 1. The summed E-state index contributed by atoms with van der Waals surface area (Å²) in [6.07, 6.45) is 0.529. The van der Waals surface area contributed by atoms with Crippen LogP contribution in [0, 0.1) is 5.92 Å². The highest BCUT2D eigenvalue weighted by Crippen LogP contribution is 2.26. The maximum Gasteiger partial charge on any atom is 0.308 e. The molecule has 0 bridgehead atoms. The van der Waals surface area contributed by atoms with E-state index in [1.54, 1.807) is 4.90 Å². The molecule has 0 radical (unpaired) electrons. The third-order valence-corrected chi connectivity index (χ3v) is 4.03. The second-order valence-corrected chi connectivity index (χ2v) is 5.91. The summed E-state index contributed by atoms with van der Waals surface area (Å²) >= 11 is 0. The molecule has 2 rings (SSSR count). The highest BCUT2D eigenvalue weighted by molar-refractivity contribution is 5.95. The number of rotatable bonds is 4. The van der Waals surface area contributed by atoms with Gasteiger partial charge in [-0.2, -0.15) is 0 Å². The molecule has 1 amide bonds. The molecule has 1 aromatic carbocycles. The topological polar surface area (TPSA) is 60.9 Å². The Balaban J connectivity index is 2.08. The molecule has 5 nitrogen and oxygen atoms in total. The zero-order chi connectivity index (χ0) is 15.6. The number of carboxylic acids is 1. The molecule has 1 N–H and O–H groups in total. The van der Waals surface area contributed by atoms with E-state index in [0.29, 0.717) is 18.5 Å². The van der Waals surface area contributed by atoms with Crippen LogP contribution >= 0.6 is 0 Å². The maximum absolute atomic E-state index is 12.5. The molecular weight excluding hydrogens is 268 g/mol. The lowest BCUT2D eigenvalue weighted by Gasteiger charge is -2.23. The fraction of sp³-hybridized carbons (Fsp3) is 0.500. The van der Waals surface area contributed by atoms with Crippen molar-refractivity contribution in [1.29, 1.82) is 0 Å². The molecule has 0 aromatic heterocycles. The van der Waals surface area contributed by atoms with Gasteiger partial charge in [0.05, 0.1) is 5.92 Å². The Kier molecular flexibility index (Phi) is 4.63. The lowest BCUT2D eigenvalue weighted by Crippen LogP contribution is -2.37. The van der Waals surface area contributed by atoms with Gasteiger partial charge in [0.25, 0.3) is 5.91 Å². The van der Waals surface area contributed by atoms with Gasteiger partial charge in [-0.25, -0.2) is 0 Å². The van der Waals surface area contributed by atoms with E-state index in [2.05, 4.69) is 4.90 Å². The fourth-order valence-corrected chi connectivity index (χ4v) is 2.84. The lowest BCUT2D eigenvalue weighted by atomic mass is 10.0. The van der Waals surface area contributed by atoms with E-state index < -0.39 is 11.9 Å². The van der Waals surface area contributed by atoms with Gasteiger partial charge in [-0.05, 0) is 45.1 Å². The van der Waals surface area contributed by atoms with Crippen LogP contribution in [-0.2, 0) is 11.3 Å². The summed E-state index contributed by atoms with van der Waals surface area (Å²) in [5.41, 5.74) is 1.77. The van der Waals surface area contributed by atoms with E-state index in [1.165, 1.54) is 0 Å². The number of amides is 1. The molecule has 1 aromatic rings. The summed E-state index contributed by atoms with van der Waals surface area (Å²) in [4.78, 5) is 27.3. The third kappa shape index (κ3) is 3.42. The normalized spacial score (nSPS) is 21.8. The monoisotopic (exact) mass is 290 g/mol. The first kappa shape index (κ1) is 15.5. The molecule has 1 aliphatic heterocycles. The van der Waals surface area contributed by atoms with E-state index in [1.807, 2.05) is 45.3 Å². The summed E-state index contributed by atoms with van der Waals surface area (Å²) < 4.78 is 0.